The normalized spacial score (nSPS) is 10.8. The summed E-state index contributed by atoms with van der Waals surface area (Å²) in [5, 5.41) is 10.2. The fourth-order valence-corrected chi connectivity index (χ4v) is 1.51. The highest BCUT2D eigenvalue weighted by atomic mass is 35.5. The third-order valence-electron chi connectivity index (χ3n) is 2.01. The summed E-state index contributed by atoms with van der Waals surface area (Å²) in [5.74, 6) is 0.382. The number of benzene rings is 1. The van der Waals surface area contributed by atoms with Gasteiger partial charge in [-0.15, -0.1) is 0 Å². The van der Waals surface area contributed by atoms with E-state index >= 15 is 0 Å². The van der Waals surface area contributed by atoms with Crippen molar-refractivity contribution in [2.75, 3.05) is 27.2 Å². The summed E-state index contributed by atoms with van der Waals surface area (Å²) >= 11 is 11.6. The molecular formula is C11H15Cl2NO2. The van der Waals surface area contributed by atoms with Crippen molar-refractivity contribution in [1.29, 1.82) is 0 Å². The van der Waals surface area contributed by atoms with E-state index in [0.29, 0.717) is 22.4 Å². The Morgan fingerprint density at radius 2 is 1.88 bits per heavy atom. The standard InChI is InChI=1S/C11H15Cl2NO2/c1-14(2)4-3-5-16-11-7-9(13)8(12)6-10(11)15/h6-7,15H,3-5H2,1-2H3. The molecule has 0 radical (unpaired) electrons. The van der Waals surface area contributed by atoms with Crippen LogP contribution in [-0.4, -0.2) is 37.3 Å². The van der Waals surface area contributed by atoms with Crippen LogP contribution in [0, 0.1) is 0 Å². The van der Waals surface area contributed by atoms with Crippen LogP contribution in [0.3, 0.4) is 0 Å². The monoisotopic (exact) mass is 263 g/mol. The van der Waals surface area contributed by atoms with Crippen molar-refractivity contribution in [2.24, 2.45) is 0 Å². The first-order chi connectivity index (χ1) is 7.50. The van der Waals surface area contributed by atoms with Crippen molar-refractivity contribution in [3.05, 3.63) is 22.2 Å². The van der Waals surface area contributed by atoms with Gasteiger partial charge in [-0.3, -0.25) is 0 Å². The van der Waals surface area contributed by atoms with Crippen molar-refractivity contribution in [3.8, 4) is 11.5 Å². The van der Waals surface area contributed by atoms with Crippen LogP contribution in [-0.2, 0) is 0 Å². The number of phenols is 1. The Morgan fingerprint density at radius 3 is 2.50 bits per heavy atom. The lowest BCUT2D eigenvalue weighted by atomic mass is 10.3. The van der Waals surface area contributed by atoms with Gasteiger partial charge in [-0.05, 0) is 20.5 Å². The van der Waals surface area contributed by atoms with Gasteiger partial charge in [0.2, 0.25) is 0 Å². The summed E-state index contributed by atoms with van der Waals surface area (Å²) in [5.41, 5.74) is 0. The molecule has 0 aliphatic rings. The average Bonchev–Trinajstić information content (AvgIpc) is 2.19. The predicted molar refractivity (Wildman–Crippen MR) is 66.8 cm³/mol. The van der Waals surface area contributed by atoms with Gasteiger partial charge in [-0.1, -0.05) is 23.2 Å². The van der Waals surface area contributed by atoms with E-state index in [-0.39, 0.29) is 5.75 Å². The Kier molecular flexibility index (Phi) is 5.19. The summed E-state index contributed by atoms with van der Waals surface area (Å²) in [6, 6.07) is 2.90. The molecule has 0 saturated heterocycles. The summed E-state index contributed by atoms with van der Waals surface area (Å²) in [7, 11) is 3.99. The minimum absolute atomic E-state index is 0.0132. The van der Waals surface area contributed by atoms with Crippen molar-refractivity contribution >= 4 is 23.2 Å². The van der Waals surface area contributed by atoms with Gasteiger partial charge in [0, 0.05) is 18.7 Å². The zero-order valence-electron chi connectivity index (χ0n) is 9.33. The molecule has 5 heteroatoms. The van der Waals surface area contributed by atoms with E-state index < -0.39 is 0 Å². The zero-order chi connectivity index (χ0) is 12.1. The summed E-state index contributed by atoms with van der Waals surface area (Å²) in [4.78, 5) is 2.07. The van der Waals surface area contributed by atoms with Gasteiger partial charge < -0.3 is 14.7 Å². The number of aromatic hydroxyl groups is 1. The molecule has 16 heavy (non-hydrogen) atoms. The largest absolute Gasteiger partial charge is 0.504 e. The lowest BCUT2D eigenvalue weighted by molar-refractivity contribution is 0.271. The topological polar surface area (TPSA) is 32.7 Å². The molecule has 0 aromatic heterocycles. The highest BCUT2D eigenvalue weighted by Crippen LogP contribution is 2.34. The van der Waals surface area contributed by atoms with Crippen molar-refractivity contribution in [2.45, 2.75) is 6.42 Å². The van der Waals surface area contributed by atoms with Gasteiger partial charge in [-0.2, -0.15) is 0 Å². The van der Waals surface area contributed by atoms with Crippen molar-refractivity contribution in [1.82, 2.24) is 4.90 Å². The molecular weight excluding hydrogens is 249 g/mol. The number of nitrogens with zero attached hydrogens (tertiary/aromatic N) is 1. The van der Waals surface area contributed by atoms with E-state index in [4.69, 9.17) is 27.9 Å². The smallest absolute Gasteiger partial charge is 0.162 e. The van der Waals surface area contributed by atoms with Crippen LogP contribution < -0.4 is 4.74 Å². The first-order valence-electron chi connectivity index (χ1n) is 4.96. The third kappa shape index (κ3) is 4.08. The molecule has 0 aliphatic carbocycles. The van der Waals surface area contributed by atoms with Gasteiger partial charge in [0.1, 0.15) is 0 Å². The highest BCUT2D eigenvalue weighted by Gasteiger charge is 2.07. The van der Waals surface area contributed by atoms with Gasteiger partial charge in [0.15, 0.2) is 11.5 Å². The number of halogens is 2. The van der Waals surface area contributed by atoms with Crippen LogP contribution in [0.15, 0.2) is 12.1 Å². The minimum Gasteiger partial charge on any atom is -0.504 e. The van der Waals surface area contributed by atoms with E-state index in [1.807, 2.05) is 14.1 Å². The molecule has 1 aromatic rings. The molecule has 0 bridgehead atoms. The van der Waals surface area contributed by atoms with E-state index in [9.17, 15) is 5.11 Å². The van der Waals surface area contributed by atoms with Crippen LogP contribution >= 0.6 is 23.2 Å². The molecule has 0 saturated carbocycles. The summed E-state index contributed by atoms with van der Waals surface area (Å²) in [6.45, 7) is 1.46. The quantitative estimate of drug-likeness (QED) is 0.830. The number of hydrogen-bond acceptors (Lipinski definition) is 3. The number of rotatable bonds is 5. The maximum absolute atomic E-state index is 9.55. The second kappa shape index (κ2) is 6.18. The first kappa shape index (κ1) is 13.4. The molecule has 90 valence electrons. The van der Waals surface area contributed by atoms with E-state index in [1.165, 1.54) is 12.1 Å². The third-order valence-corrected chi connectivity index (χ3v) is 2.73. The predicted octanol–water partition coefficient (Wildman–Crippen LogP) is 3.03. The molecule has 3 nitrogen and oxygen atoms in total. The molecule has 0 unspecified atom stereocenters. The Balaban J connectivity index is 2.51. The number of hydrogen-bond donors (Lipinski definition) is 1. The average molecular weight is 264 g/mol. The molecule has 1 rings (SSSR count). The zero-order valence-corrected chi connectivity index (χ0v) is 10.8. The second-order valence-electron chi connectivity index (χ2n) is 3.74. The van der Waals surface area contributed by atoms with Gasteiger partial charge in [0.25, 0.3) is 0 Å². The molecule has 0 heterocycles. The Morgan fingerprint density at radius 1 is 1.25 bits per heavy atom. The van der Waals surface area contributed by atoms with Gasteiger partial charge in [0.05, 0.1) is 16.7 Å². The van der Waals surface area contributed by atoms with E-state index in [1.54, 1.807) is 0 Å². The Bertz CT molecular complexity index is 356. The van der Waals surface area contributed by atoms with Crippen LogP contribution in [0.5, 0.6) is 11.5 Å². The molecule has 1 aromatic carbocycles. The van der Waals surface area contributed by atoms with Crippen LogP contribution in [0.1, 0.15) is 6.42 Å². The molecule has 0 amide bonds. The van der Waals surface area contributed by atoms with Crippen LogP contribution in [0.2, 0.25) is 10.0 Å². The molecule has 0 aliphatic heterocycles. The summed E-state index contributed by atoms with van der Waals surface area (Å²) < 4.78 is 5.40. The second-order valence-corrected chi connectivity index (χ2v) is 4.55. The highest BCUT2D eigenvalue weighted by molar-refractivity contribution is 6.42. The molecule has 1 N–H and O–H groups in total. The maximum atomic E-state index is 9.55. The molecule has 0 spiro atoms. The van der Waals surface area contributed by atoms with Crippen molar-refractivity contribution in [3.63, 3.8) is 0 Å². The van der Waals surface area contributed by atoms with E-state index in [2.05, 4.69) is 4.90 Å². The number of phenolic OH excluding ortho intramolecular Hbond substituents is 1. The van der Waals surface area contributed by atoms with Gasteiger partial charge in [-0.25, -0.2) is 0 Å². The number of ether oxygens (including phenoxy) is 1. The summed E-state index contributed by atoms with van der Waals surface area (Å²) in [6.07, 6.45) is 0.882. The van der Waals surface area contributed by atoms with Crippen LogP contribution in [0.25, 0.3) is 0 Å². The fraction of sp³-hybridized carbons (Fsp3) is 0.455. The Hall–Kier alpha value is -0.640. The SMILES string of the molecule is CN(C)CCCOc1cc(Cl)c(Cl)cc1O. The Labute approximate surface area is 106 Å². The van der Waals surface area contributed by atoms with Gasteiger partial charge >= 0.3 is 0 Å². The fourth-order valence-electron chi connectivity index (χ4n) is 1.20. The lowest BCUT2D eigenvalue weighted by Gasteiger charge is -2.11. The minimum atomic E-state index is 0.0132. The first-order valence-corrected chi connectivity index (χ1v) is 5.72. The van der Waals surface area contributed by atoms with Crippen LogP contribution in [0.4, 0.5) is 0 Å². The lowest BCUT2D eigenvalue weighted by Crippen LogP contribution is -2.15. The molecule has 0 atom stereocenters. The molecule has 0 fully saturated rings. The van der Waals surface area contributed by atoms with E-state index in [0.717, 1.165) is 13.0 Å². The maximum Gasteiger partial charge on any atom is 0.162 e. The van der Waals surface area contributed by atoms with Crippen molar-refractivity contribution < 1.29 is 9.84 Å².